The summed E-state index contributed by atoms with van der Waals surface area (Å²) in [7, 11) is 0. The molecule has 1 aliphatic heterocycles. The summed E-state index contributed by atoms with van der Waals surface area (Å²) in [5.74, 6) is 0.160. The zero-order chi connectivity index (χ0) is 14.6. The zero-order valence-corrected chi connectivity index (χ0v) is 13.8. The third kappa shape index (κ3) is 3.23. The summed E-state index contributed by atoms with van der Waals surface area (Å²) >= 11 is 3.51. The van der Waals surface area contributed by atoms with Gasteiger partial charge >= 0.3 is 0 Å². The fourth-order valence-electron chi connectivity index (χ4n) is 2.96. The topological polar surface area (TPSA) is 41.1 Å². The number of hydrogen-bond acceptors (Lipinski definition) is 2. The molecular formula is C16H23BrN2O. The van der Waals surface area contributed by atoms with Gasteiger partial charge in [-0.1, -0.05) is 35.3 Å². The van der Waals surface area contributed by atoms with Crippen LogP contribution in [0.1, 0.15) is 38.2 Å². The van der Waals surface area contributed by atoms with E-state index in [2.05, 4.69) is 33.5 Å². The zero-order valence-electron chi connectivity index (χ0n) is 12.3. The van der Waals surface area contributed by atoms with Gasteiger partial charge in [-0.2, -0.15) is 0 Å². The fourth-order valence-corrected chi connectivity index (χ4v) is 3.33. The average molecular weight is 339 g/mol. The second kappa shape index (κ2) is 6.72. The molecular weight excluding hydrogens is 316 g/mol. The smallest absolute Gasteiger partial charge is 0.231 e. The molecule has 2 rings (SSSR count). The Balaban J connectivity index is 2.18. The highest BCUT2D eigenvalue weighted by Crippen LogP contribution is 2.34. The van der Waals surface area contributed by atoms with Crippen LogP contribution in [0.2, 0.25) is 0 Å². The molecule has 1 saturated heterocycles. The minimum atomic E-state index is -0.248. The lowest BCUT2D eigenvalue weighted by Gasteiger charge is -2.36. The molecule has 0 bridgehead atoms. The van der Waals surface area contributed by atoms with Crippen molar-refractivity contribution in [2.75, 3.05) is 18.4 Å². The molecule has 0 aromatic heterocycles. The Morgan fingerprint density at radius 1 is 1.50 bits per heavy atom. The van der Waals surface area contributed by atoms with E-state index in [1.54, 1.807) is 0 Å². The van der Waals surface area contributed by atoms with E-state index in [0.717, 1.165) is 54.5 Å². The third-order valence-electron chi connectivity index (χ3n) is 4.20. The highest BCUT2D eigenvalue weighted by Gasteiger charge is 2.38. The molecule has 0 spiro atoms. The lowest BCUT2D eigenvalue weighted by atomic mass is 9.76. The standard InChI is InChI=1S/C16H23BrN2O/c1-3-8-16(9-5-10-18-11-16)15(20)19-14-7-4-6-13(17)12(14)2/h4,6-7,18H,3,5,8-11H2,1-2H3,(H,19,20). The molecule has 0 radical (unpaired) electrons. The van der Waals surface area contributed by atoms with Crippen LogP contribution in [0.5, 0.6) is 0 Å². The Morgan fingerprint density at radius 2 is 2.30 bits per heavy atom. The number of rotatable bonds is 4. The summed E-state index contributed by atoms with van der Waals surface area (Å²) in [6, 6.07) is 5.92. The van der Waals surface area contributed by atoms with Gasteiger partial charge in [-0.15, -0.1) is 0 Å². The molecule has 20 heavy (non-hydrogen) atoms. The second-order valence-electron chi connectivity index (χ2n) is 5.68. The molecule has 1 aliphatic rings. The number of carbonyl (C=O) groups excluding carboxylic acids is 1. The number of anilines is 1. The largest absolute Gasteiger partial charge is 0.325 e. The molecule has 1 aromatic rings. The highest BCUT2D eigenvalue weighted by molar-refractivity contribution is 9.10. The number of amides is 1. The minimum Gasteiger partial charge on any atom is -0.325 e. The van der Waals surface area contributed by atoms with Gasteiger partial charge in [-0.25, -0.2) is 0 Å². The first-order valence-corrected chi connectivity index (χ1v) is 8.15. The average Bonchev–Trinajstić information content (AvgIpc) is 2.45. The summed E-state index contributed by atoms with van der Waals surface area (Å²) in [6.45, 7) is 5.98. The summed E-state index contributed by atoms with van der Waals surface area (Å²) in [4.78, 5) is 12.8. The van der Waals surface area contributed by atoms with E-state index in [4.69, 9.17) is 0 Å². The predicted molar refractivity (Wildman–Crippen MR) is 87.0 cm³/mol. The van der Waals surface area contributed by atoms with Crippen molar-refractivity contribution in [3.05, 3.63) is 28.2 Å². The number of halogens is 1. The second-order valence-corrected chi connectivity index (χ2v) is 6.53. The fraction of sp³-hybridized carbons (Fsp3) is 0.562. The van der Waals surface area contributed by atoms with Gasteiger partial charge in [0.1, 0.15) is 0 Å². The van der Waals surface area contributed by atoms with E-state index in [-0.39, 0.29) is 11.3 Å². The first-order chi connectivity index (χ1) is 9.59. The lowest BCUT2D eigenvalue weighted by Crippen LogP contribution is -2.48. The van der Waals surface area contributed by atoms with Crippen molar-refractivity contribution in [1.29, 1.82) is 0 Å². The lowest BCUT2D eigenvalue weighted by molar-refractivity contribution is -0.127. The molecule has 1 atom stereocenters. The van der Waals surface area contributed by atoms with Gasteiger partial charge in [0, 0.05) is 16.7 Å². The van der Waals surface area contributed by atoms with Crippen molar-refractivity contribution in [2.24, 2.45) is 5.41 Å². The van der Waals surface area contributed by atoms with E-state index in [0.29, 0.717) is 0 Å². The Labute approximate surface area is 129 Å². The van der Waals surface area contributed by atoms with Gasteiger partial charge in [0.25, 0.3) is 0 Å². The Morgan fingerprint density at radius 3 is 2.95 bits per heavy atom. The number of benzene rings is 1. The van der Waals surface area contributed by atoms with Gasteiger partial charge in [0.15, 0.2) is 0 Å². The maximum atomic E-state index is 12.8. The summed E-state index contributed by atoms with van der Waals surface area (Å²) in [5.41, 5.74) is 1.74. The summed E-state index contributed by atoms with van der Waals surface area (Å²) in [5, 5.41) is 6.52. The van der Waals surface area contributed by atoms with Gasteiger partial charge in [-0.3, -0.25) is 4.79 Å². The van der Waals surface area contributed by atoms with Crippen molar-refractivity contribution >= 4 is 27.5 Å². The molecule has 2 N–H and O–H groups in total. The Hall–Kier alpha value is -0.870. The number of carbonyl (C=O) groups is 1. The van der Waals surface area contributed by atoms with Crippen LogP contribution >= 0.6 is 15.9 Å². The maximum absolute atomic E-state index is 12.8. The van der Waals surface area contributed by atoms with Crippen molar-refractivity contribution in [3.8, 4) is 0 Å². The van der Waals surface area contributed by atoms with E-state index in [1.165, 1.54) is 0 Å². The molecule has 3 nitrogen and oxygen atoms in total. The number of nitrogens with one attached hydrogen (secondary N) is 2. The quantitative estimate of drug-likeness (QED) is 0.874. The van der Waals surface area contributed by atoms with E-state index < -0.39 is 0 Å². The highest BCUT2D eigenvalue weighted by atomic mass is 79.9. The van der Waals surface area contributed by atoms with Crippen molar-refractivity contribution in [2.45, 2.75) is 39.5 Å². The maximum Gasteiger partial charge on any atom is 0.231 e. The van der Waals surface area contributed by atoms with Gasteiger partial charge in [0.05, 0.1) is 5.41 Å². The third-order valence-corrected chi connectivity index (χ3v) is 5.06. The van der Waals surface area contributed by atoms with Crippen LogP contribution in [0.15, 0.2) is 22.7 Å². The Kier molecular flexibility index (Phi) is 5.22. The molecule has 1 fully saturated rings. The van der Waals surface area contributed by atoms with Gasteiger partial charge < -0.3 is 10.6 Å². The monoisotopic (exact) mass is 338 g/mol. The molecule has 0 aliphatic carbocycles. The van der Waals surface area contributed by atoms with Crippen LogP contribution in [0, 0.1) is 12.3 Å². The summed E-state index contributed by atoms with van der Waals surface area (Å²) in [6.07, 6.45) is 4.03. The van der Waals surface area contributed by atoms with E-state index in [1.807, 2.05) is 25.1 Å². The molecule has 0 saturated carbocycles. The minimum absolute atomic E-state index is 0.160. The van der Waals surface area contributed by atoms with Crippen LogP contribution in [-0.2, 0) is 4.79 Å². The van der Waals surface area contributed by atoms with Gasteiger partial charge in [0.2, 0.25) is 5.91 Å². The number of hydrogen-bond donors (Lipinski definition) is 2. The number of piperidine rings is 1. The molecule has 1 aromatic carbocycles. The molecule has 4 heteroatoms. The molecule has 1 unspecified atom stereocenters. The van der Waals surface area contributed by atoms with E-state index in [9.17, 15) is 4.79 Å². The van der Waals surface area contributed by atoms with E-state index >= 15 is 0 Å². The molecule has 1 amide bonds. The van der Waals surface area contributed by atoms with Crippen LogP contribution in [0.3, 0.4) is 0 Å². The van der Waals surface area contributed by atoms with Crippen LogP contribution in [0.25, 0.3) is 0 Å². The normalized spacial score (nSPS) is 22.6. The first kappa shape index (κ1) is 15.5. The van der Waals surface area contributed by atoms with Crippen molar-refractivity contribution in [3.63, 3.8) is 0 Å². The van der Waals surface area contributed by atoms with Crippen molar-refractivity contribution in [1.82, 2.24) is 5.32 Å². The van der Waals surface area contributed by atoms with Crippen LogP contribution < -0.4 is 10.6 Å². The van der Waals surface area contributed by atoms with Gasteiger partial charge in [-0.05, 0) is 50.4 Å². The summed E-state index contributed by atoms with van der Waals surface area (Å²) < 4.78 is 1.03. The molecule has 110 valence electrons. The van der Waals surface area contributed by atoms with Crippen LogP contribution in [-0.4, -0.2) is 19.0 Å². The van der Waals surface area contributed by atoms with Crippen LogP contribution in [0.4, 0.5) is 5.69 Å². The Bertz CT molecular complexity index is 476. The molecule has 1 heterocycles. The van der Waals surface area contributed by atoms with Crippen molar-refractivity contribution < 1.29 is 4.79 Å². The SMILES string of the molecule is CCCC1(C(=O)Nc2cccc(Br)c2C)CCCNC1. The first-order valence-electron chi connectivity index (χ1n) is 7.36. The predicted octanol–water partition coefficient (Wildman–Crippen LogP) is 3.87.